The summed E-state index contributed by atoms with van der Waals surface area (Å²) in [5.74, 6) is 0.499. The van der Waals surface area contributed by atoms with Gasteiger partial charge in [-0.25, -0.2) is 9.78 Å². The van der Waals surface area contributed by atoms with Crippen molar-refractivity contribution in [1.29, 1.82) is 0 Å². The number of nitrogens with one attached hydrogen (secondary N) is 1. The monoisotopic (exact) mass is 248 g/mol. The van der Waals surface area contributed by atoms with Gasteiger partial charge in [-0.2, -0.15) is 0 Å². The highest BCUT2D eigenvalue weighted by atomic mass is 16.5. The molecule has 1 aromatic rings. The maximum absolute atomic E-state index is 11.4. The minimum Gasteiger partial charge on any atom is -0.462 e. The van der Waals surface area contributed by atoms with Gasteiger partial charge in [0.25, 0.3) is 0 Å². The quantitative estimate of drug-likeness (QED) is 0.814. The SMILES string of the molecule is CCOC(=O)c1ccc(NCC2(C)CCC2)nc1. The molecule has 0 bridgehead atoms. The molecule has 98 valence electrons. The lowest BCUT2D eigenvalue weighted by molar-refractivity contribution is 0.0526. The van der Waals surface area contributed by atoms with E-state index >= 15 is 0 Å². The van der Waals surface area contributed by atoms with Gasteiger partial charge in [-0.1, -0.05) is 13.3 Å². The molecule has 4 heteroatoms. The zero-order valence-electron chi connectivity index (χ0n) is 11.0. The topological polar surface area (TPSA) is 51.2 Å². The van der Waals surface area contributed by atoms with E-state index < -0.39 is 0 Å². The standard InChI is InChI=1S/C14H20N2O2/c1-3-18-13(17)11-5-6-12(15-9-11)16-10-14(2)7-4-8-14/h5-6,9H,3-4,7-8,10H2,1-2H3,(H,15,16). The summed E-state index contributed by atoms with van der Waals surface area (Å²) in [6, 6.07) is 3.57. The van der Waals surface area contributed by atoms with Crippen LogP contribution in [0.1, 0.15) is 43.5 Å². The van der Waals surface area contributed by atoms with E-state index in [9.17, 15) is 4.79 Å². The summed E-state index contributed by atoms with van der Waals surface area (Å²) in [7, 11) is 0. The molecule has 0 amide bonds. The summed E-state index contributed by atoms with van der Waals surface area (Å²) in [5.41, 5.74) is 0.916. The van der Waals surface area contributed by atoms with E-state index in [2.05, 4.69) is 17.2 Å². The van der Waals surface area contributed by atoms with Gasteiger partial charge in [-0.05, 0) is 37.3 Å². The lowest BCUT2D eigenvalue weighted by Gasteiger charge is -2.38. The van der Waals surface area contributed by atoms with Crippen molar-refractivity contribution in [3.8, 4) is 0 Å². The average Bonchev–Trinajstić information content (AvgIpc) is 2.35. The van der Waals surface area contributed by atoms with E-state index in [0.29, 0.717) is 17.6 Å². The van der Waals surface area contributed by atoms with Gasteiger partial charge in [0.05, 0.1) is 12.2 Å². The number of ether oxygens (including phenoxy) is 1. The van der Waals surface area contributed by atoms with Gasteiger partial charge < -0.3 is 10.1 Å². The second kappa shape index (κ2) is 5.38. The summed E-state index contributed by atoms with van der Waals surface area (Å²) < 4.78 is 4.91. The van der Waals surface area contributed by atoms with Crippen molar-refractivity contribution < 1.29 is 9.53 Å². The number of rotatable bonds is 5. The second-order valence-electron chi connectivity index (χ2n) is 5.17. The summed E-state index contributed by atoms with van der Waals surface area (Å²) in [4.78, 5) is 15.7. The normalized spacial score (nSPS) is 16.8. The first kappa shape index (κ1) is 12.9. The molecule has 1 saturated carbocycles. The fourth-order valence-corrected chi connectivity index (χ4v) is 2.09. The molecule has 0 spiro atoms. The first-order valence-electron chi connectivity index (χ1n) is 6.50. The Balaban J connectivity index is 1.89. The maximum Gasteiger partial charge on any atom is 0.339 e. The van der Waals surface area contributed by atoms with E-state index in [1.54, 1.807) is 19.2 Å². The highest BCUT2D eigenvalue weighted by molar-refractivity contribution is 5.89. The molecule has 1 N–H and O–H groups in total. The number of carbonyl (C=O) groups excluding carboxylic acids is 1. The molecular formula is C14H20N2O2. The number of aromatic nitrogens is 1. The summed E-state index contributed by atoms with van der Waals surface area (Å²) in [6.45, 7) is 5.41. The van der Waals surface area contributed by atoms with Crippen LogP contribution in [0.2, 0.25) is 0 Å². The van der Waals surface area contributed by atoms with E-state index in [1.807, 2.05) is 6.07 Å². The molecule has 0 saturated heterocycles. The zero-order chi connectivity index (χ0) is 13.0. The van der Waals surface area contributed by atoms with Gasteiger partial charge in [-0.15, -0.1) is 0 Å². The van der Waals surface area contributed by atoms with Gasteiger partial charge >= 0.3 is 5.97 Å². The largest absolute Gasteiger partial charge is 0.462 e. The number of carbonyl (C=O) groups is 1. The number of pyridine rings is 1. The van der Waals surface area contributed by atoms with Crippen LogP contribution >= 0.6 is 0 Å². The Morgan fingerprint density at radius 3 is 2.78 bits per heavy atom. The van der Waals surface area contributed by atoms with E-state index in [1.165, 1.54) is 19.3 Å². The molecule has 0 aromatic carbocycles. The molecule has 0 unspecified atom stereocenters. The number of anilines is 1. The van der Waals surface area contributed by atoms with Crippen molar-refractivity contribution in [2.24, 2.45) is 5.41 Å². The highest BCUT2D eigenvalue weighted by Gasteiger charge is 2.31. The summed E-state index contributed by atoms with van der Waals surface area (Å²) in [6.07, 6.45) is 5.44. The van der Waals surface area contributed by atoms with E-state index in [0.717, 1.165) is 12.4 Å². The van der Waals surface area contributed by atoms with Crippen molar-refractivity contribution in [3.63, 3.8) is 0 Å². The molecule has 2 rings (SSSR count). The number of hydrogen-bond acceptors (Lipinski definition) is 4. The van der Waals surface area contributed by atoms with Crippen molar-refractivity contribution in [3.05, 3.63) is 23.9 Å². The summed E-state index contributed by atoms with van der Waals surface area (Å²) >= 11 is 0. The molecule has 0 atom stereocenters. The van der Waals surface area contributed by atoms with Crippen molar-refractivity contribution in [1.82, 2.24) is 4.98 Å². The lowest BCUT2D eigenvalue weighted by Crippen LogP contribution is -2.33. The highest BCUT2D eigenvalue weighted by Crippen LogP contribution is 2.40. The molecule has 1 aliphatic carbocycles. The average molecular weight is 248 g/mol. The fourth-order valence-electron chi connectivity index (χ4n) is 2.09. The minimum atomic E-state index is -0.317. The van der Waals surface area contributed by atoms with Crippen LogP contribution in [0, 0.1) is 5.41 Å². The van der Waals surface area contributed by atoms with Crippen LogP contribution in [0.5, 0.6) is 0 Å². The Hall–Kier alpha value is -1.58. The fraction of sp³-hybridized carbons (Fsp3) is 0.571. The minimum absolute atomic E-state index is 0.317. The van der Waals surface area contributed by atoms with E-state index in [-0.39, 0.29) is 5.97 Å². The lowest BCUT2D eigenvalue weighted by atomic mass is 9.70. The molecule has 4 nitrogen and oxygen atoms in total. The molecule has 1 heterocycles. The predicted octanol–water partition coefficient (Wildman–Crippen LogP) is 2.86. The molecular weight excluding hydrogens is 228 g/mol. The van der Waals surface area contributed by atoms with Crippen molar-refractivity contribution in [2.45, 2.75) is 33.1 Å². The van der Waals surface area contributed by atoms with Crippen LogP contribution in [0.3, 0.4) is 0 Å². The molecule has 1 aromatic heterocycles. The van der Waals surface area contributed by atoms with Gasteiger partial charge in [0.1, 0.15) is 5.82 Å². The smallest absolute Gasteiger partial charge is 0.339 e. The van der Waals surface area contributed by atoms with Crippen molar-refractivity contribution >= 4 is 11.8 Å². The third kappa shape index (κ3) is 3.00. The Bertz CT molecular complexity index is 410. The number of esters is 1. The molecule has 1 aliphatic rings. The molecule has 0 radical (unpaired) electrons. The van der Waals surface area contributed by atoms with Crippen LogP contribution in [0.25, 0.3) is 0 Å². The Kier molecular flexibility index (Phi) is 3.84. The number of nitrogens with zero attached hydrogens (tertiary/aromatic N) is 1. The maximum atomic E-state index is 11.4. The van der Waals surface area contributed by atoms with Crippen LogP contribution in [0.15, 0.2) is 18.3 Å². The zero-order valence-corrected chi connectivity index (χ0v) is 11.0. The molecule has 1 fully saturated rings. The Morgan fingerprint density at radius 1 is 1.50 bits per heavy atom. The van der Waals surface area contributed by atoms with Crippen molar-refractivity contribution in [2.75, 3.05) is 18.5 Å². The van der Waals surface area contributed by atoms with Crippen LogP contribution in [0.4, 0.5) is 5.82 Å². The first-order chi connectivity index (χ1) is 8.63. The Labute approximate surface area is 108 Å². The van der Waals surface area contributed by atoms with Gasteiger partial charge in [0.2, 0.25) is 0 Å². The Morgan fingerprint density at radius 2 is 2.28 bits per heavy atom. The summed E-state index contributed by atoms with van der Waals surface area (Å²) in [5, 5.41) is 3.32. The third-order valence-corrected chi connectivity index (χ3v) is 3.53. The van der Waals surface area contributed by atoms with Crippen LogP contribution in [-0.2, 0) is 4.74 Å². The van der Waals surface area contributed by atoms with Gasteiger partial charge in [-0.3, -0.25) is 0 Å². The number of hydrogen-bond donors (Lipinski definition) is 1. The van der Waals surface area contributed by atoms with Gasteiger partial charge in [0, 0.05) is 12.7 Å². The molecule has 0 aliphatic heterocycles. The second-order valence-corrected chi connectivity index (χ2v) is 5.17. The van der Waals surface area contributed by atoms with E-state index in [4.69, 9.17) is 4.74 Å². The first-order valence-corrected chi connectivity index (χ1v) is 6.50. The van der Waals surface area contributed by atoms with Crippen LogP contribution in [-0.4, -0.2) is 24.1 Å². The van der Waals surface area contributed by atoms with Gasteiger partial charge in [0.15, 0.2) is 0 Å². The van der Waals surface area contributed by atoms with Crippen LogP contribution < -0.4 is 5.32 Å². The predicted molar refractivity (Wildman–Crippen MR) is 70.6 cm³/mol. The third-order valence-electron chi connectivity index (χ3n) is 3.53. The molecule has 18 heavy (non-hydrogen) atoms.